The molecule has 0 radical (unpaired) electrons. The van der Waals surface area contributed by atoms with E-state index in [0.29, 0.717) is 33.3 Å². The average molecular weight is 781 g/mol. The standard InChI is InChI=1S/C44H32N2O8S2/c1-25(47)45-29-15-19-31(20-16-29)55(49,50)53-43-37-23-27-9-3-4-10-28(27)24-38(37)44(54-56(51,52)32-21-17-30(18-22-32)46-26(2)48)42-40-35-13-7-5-11-33(35)39(41(42)43)34-12-6-8-14-36(34)40/h3-24,39-40H,1-2H3,(H,45,47)(H,46,48). The van der Waals surface area contributed by atoms with Crippen molar-refractivity contribution in [2.24, 2.45) is 0 Å². The van der Waals surface area contributed by atoms with Crippen LogP contribution in [0, 0.1) is 0 Å². The van der Waals surface area contributed by atoms with Crippen molar-refractivity contribution in [2.45, 2.75) is 35.5 Å². The van der Waals surface area contributed by atoms with Gasteiger partial charge in [-0.1, -0.05) is 72.8 Å². The first-order valence-electron chi connectivity index (χ1n) is 17.7. The van der Waals surface area contributed by atoms with Crippen molar-refractivity contribution in [2.75, 3.05) is 10.6 Å². The van der Waals surface area contributed by atoms with Crippen molar-refractivity contribution in [1.82, 2.24) is 0 Å². The highest BCUT2D eigenvalue weighted by Crippen LogP contribution is 2.62. The average Bonchev–Trinajstić information content (AvgIpc) is 3.18. The maximum absolute atomic E-state index is 14.4. The summed E-state index contributed by atoms with van der Waals surface area (Å²) in [6.45, 7) is 2.72. The summed E-state index contributed by atoms with van der Waals surface area (Å²) in [7, 11) is -9.03. The van der Waals surface area contributed by atoms with Crippen LogP contribution < -0.4 is 19.0 Å². The molecular weight excluding hydrogens is 749 g/mol. The smallest absolute Gasteiger partial charge is 0.339 e. The van der Waals surface area contributed by atoms with E-state index in [1.54, 1.807) is 12.1 Å². The van der Waals surface area contributed by atoms with Gasteiger partial charge in [0.1, 0.15) is 9.79 Å². The highest BCUT2D eigenvalue weighted by atomic mass is 32.2. The molecule has 0 unspecified atom stereocenters. The number of carbonyl (C=O) groups is 2. The van der Waals surface area contributed by atoms with Gasteiger partial charge in [-0.05, 0) is 93.7 Å². The molecule has 7 aromatic carbocycles. The maximum Gasteiger partial charge on any atom is 0.339 e. The third kappa shape index (κ3) is 5.85. The Labute approximate surface area is 323 Å². The van der Waals surface area contributed by atoms with Gasteiger partial charge in [0.2, 0.25) is 11.8 Å². The molecule has 56 heavy (non-hydrogen) atoms. The minimum absolute atomic E-state index is 0.0649. The summed E-state index contributed by atoms with van der Waals surface area (Å²) >= 11 is 0. The molecule has 0 fully saturated rings. The molecule has 0 heterocycles. The van der Waals surface area contributed by atoms with Crippen molar-refractivity contribution in [1.29, 1.82) is 0 Å². The Morgan fingerprint density at radius 2 is 0.804 bits per heavy atom. The van der Waals surface area contributed by atoms with Crippen LogP contribution >= 0.6 is 0 Å². The van der Waals surface area contributed by atoms with E-state index in [1.807, 2.05) is 72.8 Å². The Bertz CT molecular complexity index is 2770. The predicted molar refractivity (Wildman–Crippen MR) is 213 cm³/mol. The van der Waals surface area contributed by atoms with E-state index >= 15 is 0 Å². The van der Waals surface area contributed by atoms with E-state index in [0.717, 1.165) is 33.0 Å². The lowest BCUT2D eigenvalue weighted by molar-refractivity contribution is -0.115. The summed E-state index contributed by atoms with van der Waals surface area (Å²) in [5, 5.41) is 7.51. The van der Waals surface area contributed by atoms with Gasteiger partial charge in [-0.25, -0.2) is 0 Å². The summed E-state index contributed by atoms with van der Waals surface area (Å²) in [4.78, 5) is 23.0. The van der Waals surface area contributed by atoms with Crippen molar-refractivity contribution >= 4 is 65.0 Å². The van der Waals surface area contributed by atoms with E-state index in [-0.39, 0.29) is 33.1 Å². The van der Waals surface area contributed by atoms with Gasteiger partial charge in [-0.15, -0.1) is 0 Å². The largest absolute Gasteiger partial charge is 0.378 e. The molecule has 0 aliphatic heterocycles. The molecule has 3 aliphatic rings. The lowest BCUT2D eigenvalue weighted by atomic mass is 9.60. The van der Waals surface area contributed by atoms with E-state index in [4.69, 9.17) is 8.37 Å². The Kier molecular flexibility index (Phi) is 8.22. The lowest BCUT2D eigenvalue weighted by Gasteiger charge is -2.43. The van der Waals surface area contributed by atoms with Gasteiger partial charge in [0.15, 0.2) is 11.5 Å². The first kappa shape index (κ1) is 35.2. The second-order valence-electron chi connectivity index (χ2n) is 13.8. The molecule has 12 heteroatoms. The first-order chi connectivity index (χ1) is 26.9. The van der Waals surface area contributed by atoms with Crippen LogP contribution in [0.1, 0.15) is 59.1 Å². The third-order valence-electron chi connectivity index (χ3n) is 10.3. The summed E-state index contributed by atoms with van der Waals surface area (Å²) in [5.41, 5.74) is 5.56. The van der Waals surface area contributed by atoms with E-state index in [1.165, 1.54) is 62.4 Å². The summed E-state index contributed by atoms with van der Waals surface area (Å²) in [6, 6.07) is 38.2. The molecule has 0 saturated carbocycles. The molecule has 10 rings (SSSR count). The van der Waals surface area contributed by atoms with Crippen LogP contribution in [0.3, 0.4) is 0 Å². The number of fused-ring (bicyclic) bond motifs is 2. The maximum atomic E-state index is 14.4. The minimum Gasteiger partial charge on any atom is -0.378 e. The molecule has 0 aromatic heterocycles. The van der Waals surface area contributed by atoms with Crippen LogP contribution in [-0.4, -0.2) is 28.6 Å². The van der Waals surface area contributed by atoms with Crippen LogP contribution in [0.15, 0.2) is 143 Å². The van der Waals surface area contributed by atoms with Crippen LogP contribution in [-0.2, 0) is 29.8 Å². The van der Waals surface area contributed by atoms with Crippen LogP contribution in [0.25, 0.3) is 21.5 Å². The molecular formula is C44H32N2O8S2. The van der Waals surface area contributed by atoms with Gasteiger partial charge in [-0.3, -0.25) is 9.59 Å². The number of amides is 2. The fraction of sp³-hybridized carbons (Fsp3) is 0.0909. The van der Waals surface area contributed by atoms with Gasteiger partial charge in [0.05, 0.1) is 0 Å². The number of nitrogens with one attached hydrogen (secondary N) is 2. The van der Waals surface area contributed by atoms with Gasteiger partial charge < -0.3 is 19.0 Å². The topological polar surface area (TPSA) is 145 Å². The van der Waals surface area contributed by atoms with E-state index in [9.17, 15) is 26.4 Å². The zero-order valence-electron chi connectivity index (χ0n) is 29.9. The van der Waals surface area contributed by atoms with Crippen molar-refractivity contribution in [3.05, 3.63) is 167 Å². The highest BCUT2D eigenvalue weighted by molar-refractivity contribution is 7.87. The second kappa shape index (κ2) is 13.1. The van der Waals surface area contributed by atoms with Gasteiger partial charge >= 0.3 is 20.2 Å². The molecule has 2 N–H and O–H groups in total. The Hall–Kier alpha value is -6.50. The van der Waals surface area contributed by atoms with E-state index < -0.39 is 32.1 Å². The Morgan fingerprint density at radius 1 is 0.482 bits per heavy atom. The SMILES string of the molecule is CC(=O)Nc1ccc(S(=O)(=O)Oc2c3c(c(OS(=O)(=O)c4ccc(NC(C)=O)cc4)c4cc5ccccc5cc24)C2c4ccccc4C3c3ccccc32)cc1. The number of hydrogen-bond donors (Lipinski definition) is 2. The van der Waals surface area contributed by atoms with Gasteiger partial charge in [0, 0.05) is 59.0 Å². The summed E-state index contributed by atoms with van der Waals surface area (Å²) in [5.74, 6) is -1.57. The molecule has 2 amide bonds. The quantitative estimate of drug-likeness (QED) is 0.116. The molecule has 0 spiro atoms. The third-order valence-corrected chi connectivity index (χ3v) is 12.8. The zero-order valence-corrected chi connectivity index (χ0v) is 31.6. The summed E-state index contributed by atoms with van der Waals surface area (Å²) < 4.78 is 70.0. The number of anilines is 2. The number of hydrogen-bond acceptors (Lipinski definition) is 8. The van der Waals surface area contributed by atoms with Gasteiger partial charge in [-0.2, -0.15) is 16.8 Å². The van der Waals surface area contributed by atoms with Crippen LogP contribution in [0.5, 0.6) is 11.5 Å². The minimum atomic E-state index is -4.51. The number of rotatable bonds is 8. The Balaban J connectivity index is 1.33. The molecule has 3 aliphatic carbocycles. The lowest BCUT2D eigenvalue weighted by Crippen LogP contribution is -2.29. The van der Waals surface area contributed by atoms with Crippen LogP contribution in [0.2, 0.25) is 0 Å². The van der Waals surface area contributed by atoms with E-state index in [2.05, 4.69) is 10.6 Å². The zero-order chi connectivity index (χ0) is 38.9. The molecule has 10 nitrogen and oxygen atoms in total. The monoisotopic (exact) mass is 780 g/mol. The Morgan fingerprint density at radius 3 is 1.12 bits per heavy atom. The fourth-order valence-corrected chi connectivity index (χ4v) is 10.00. The molecule has 7 aromatic rings. The van der Waals surface area contributed by atoms with Crippen molar-refractivity contribution in [3.63, 3.8) is 0 Å². The van der Waals surface area contributed by atoms with Gasteiger partial charge in [0.25, 0.3) is 0 Å². The molecule has 2 bridgehead atoms. The van der Waals surface area contributed by atoms with Crippen LogP contribution in [0.4, 0.5) is 11.4 Å². The van der Waals surface area contributed by atoms with Crippen molar-refractivity contribution in [3.8, 4) is 11.5 Å². The predicted octanol–water partition coefficient (Wildman–Crippen LogP) is 8.43. The highest BCUT2D eigenvalue weighted by Gasteiger charge is 2.47. The molecule has 278 valence electrons. The molecule has 0 saturated heterocycles. The second-order valence-corrected chi connectivity index (χ2v) is 16.9. The number of carbonyl (C=O) groups excluding carboxylic acids is 2. The number of benzene rings is 7. The molecule has 0 atom stereocenters. The van der Waals surface area contributed by atoms with Crippen molar-refractivity contribution < 1.29 is 34.8 Å². The fourth-order valence-electron chi connectivity index (χ4n) is 8.07. The summed E-state index contributed by atoms with van der Waals surface area (Å²) in [6.07, 6.45) is 0. The first-order valence-corrected chi connectivity index (χ1v) is 20.6. The normalized spacial score (nSPS) is 15.4.